The lowest BCUT2D eigenvalue weighted by Crippen LogP contribution is -2.14. The lowest BCUT2D eigenvalue weighted by atomic mass is 9.95. The number of hydrogen-bond acceptors (Lipinski definition) is 4. The highest BCUT2D eigenvalue weighted by Crippen LogP contribution is 2.42. The van der Waals surface area contributed by atoms with E-state index < -0.39 is 0 Å². The van der Waals surface area contributed by atoms with Crippen molar-refractivity contribution in [1.29, 1.82) is 0 Å². The van der Waals surface area contributed by atoms with Crippen LogP contribution in [0, 0.1) is 0 Å². The number of benzene rings is 1. The minimum atomic E-state index is 0.00951. The van der Waals surface area contributed by atoms with Crippen LogP contribution < -0.4 is 5.32 Å². The van der Waals surface area contributed by atoms with Crippen LogP contribution in [0.1, 0.15) is 33.7 Å². The molecule has 2 aromatic rings. The Morgan fingerprint density at radius 1 is 1.21 bits per heavy atom. The zero-order chi connectivity index (χ0) is 16.5. The second-order valence-electron chi connectivity index (χ2n) is 6.04. The Kier molecular flexibility index (Phi) is 4.74. The number of carbonyl (C=O) groups is 1. The van der Waals surface area contributed by atoms with Gasteiger partial charge in [-0.05, 0) is 67.3 Å². The molecule has 124 valence electrons. The molecule has 0 atom stereocenters. The third-order valence-corrected chi connectivity index (χ3v) is 7.55. The summed E-state index contributed by atoms with van der Waals surface area (Å²) >= 11 is 5.25. The fourth-order valence-corrected chi connectivity index (χ4v) is 6.26. The van der Waals surface area contributed by atoms with Gasteiger partial charge in [0.25, 0.3) is 5.91 Å². The Hall–Kier alpha value is -1.17. The van der Waals surface area contributed by atoms with Gasteiger partial charge < -0.3 is 5.32 Å². The van der Waals surface area contributed by atoms with Crippen LogP contribution in [-0.2, 0) is 23.4 Å². The van der Waals surface area contributed by atoms with E-state index in [4.69, 9.17) is 0 Å². The minimum absolute atomic E-state index is 0.00951. The number of anilines is 1. The van der Waals surface area contributed by atoms with E-state index >= 15 is 0 Å². The van der Waals surface area contributed by atoms with Gasteiger partial charge in [0.05, 0.1) is 4.91 Å². The fourth-order valence-electron chi connectivity index (χ4n) is 3.26. The van der Waals surface area contributed by atoms with E-state index in [1.165, 1.54) is 36.1 Å². The molecule has 0 saturated carbocycles. The quantitative estimate of drug-likeness (QED) is 0.713. The molecule has 2 heterocycles. The maximum absolute atomic E-state index is 12.6. The lowest BCUT2D eigenvalue weighted by Gasteiger charge is -2.16. The first-order valence-corrected chi connectivity index (χ1v) is 11.2. The predicted molar refractivity (Wildman–Crippen MR) is 107 cm³/mol. The van der Waals surface area contributed by atoms with Crippen molar-refractivity contribution in [3.05, 3.63) is 50.1 Å². The number of fused-ring (bicyclic) bond motifs is 3. The molecule has 1 aliphatic carbocycles. The van der Waals surface area contributed by atoms with Crippen LogP contribution in [0.3, 0.4) is 0 Å². The summed E-state index contributed by atoms with van der Waals surface area (Å²) in [5.74, 6) is 0.945. The molecule has 1 aliphatic heterocycles. The molecule has 0 radical (unpaired) electrons. The Labute approximate surface area is 155 Å². The summed E-state index contributed by atoms with van der Waals surface area (Å²) in [6.45, 7) is 0. The second-order valence-corrected chi connectivity index (χ2v) is 9.07. The molecule has 0 unspecified atom stereocenters. The third kappa shape index (κ3) is 3.17. The maximum Gasteiger partial charge on any atom is 0.262 e. The molecule has 1 N–H and O–H groups in total. The van der Waals surface area contributed by atoms with E-state index in [0.717, 1.165) is 21.2 Å². The van der Waals surface area contributed by atoms with Crippen molar-refractivity contribution in [1.82, 2.24) is 0 Å². The molecular weight excluding hydrogens is 354 g/mol. The van der Waals surface area contributed by atoms with Crippen LogP contribution in [0.2, 0.25) is 0 Å². The van der Waals surface area contributed by atoms with Crippen molar-refractivity contribution in [3.8, 4) is 0 Å². The summed E-state index contributed by atoms with van der Waals surface area (Å²) in [6, 6.07) is 8.00. The smallest absolute Gasteiger partial charge is 0.262 e. The molecule has 1 aromatic heterocycles. The molecule has 0 bridgehead atoms. The van der Waals surface area contributed by atoms with Gasteiger partial charge in [-0.1, -0.05) is 6.07 Å². The van der Waals surface area contributed by atoms with Crippen molar-refractivity contribution in [2.75, 3.05) is 11.6 Å². The fraction of sp³-hybridized carbons (Fsp3) is 0.316. The first-order chi connectivity index (χ1) is 11.7. The van der Waals surface area contributed by atoms with Gasteiger partial charge in [0, 0.05) is 26.1 Å². The highest BCUT2D eigenvalue weighted by Gasteiger charge is 2.25. The lowest BCUT2D eigenvalue weighted by molar-refractivity contribution is -0.112. The van der Waals surface area contributed by atoms with Gasteiger partial charge in [0.1, 0.15) is 0 Å². The van der Waals surface area contributed by atoms with Crippen molar-refractivity contribution in [3.63, 3.8) is 0 Å². The minimum Gasteiger partial charge on any atom is -0.322 e. The van der Waals surface area contributed by atoms with Gasteiger partial charge in [-0.25, -0.2) is 0 Å². The van der Waals surface area contributed by atoms with Crippen LogP contribution in [0.5, 0.6) is 0 Å². The van der Waals surface area contributed by atoms with Gasteiger partial charge in [0.2, 0.25) is 0 Å². The van der Waals surface area contributed by atoms with E-state index in [1.54, 1.807) is 34.0 Å². The summed E-state index contributed by atoms with van der Waals surface area (Å²) < 4.78 is 0. The number of amides is 1. The molecule has 1 amide bonds. The Bertz CT molecular complexity index is 822. The molecule has 0 spiro atoms. The molecule has 5 heteroatoms. The highest BCUT2D eigenvalue weighted by molar-refractivity contribution is 8.03. The largest absolute Gasteiger partial charge is 0.322 e. The average Bonchev–Trinajstić information content (AvgIpc) is 2.99. The van der Waals surface area contributed by atoms with Gasteiger partial charge in [-0.15, -0.1) is 34.9 Å². The number of aryl methyl sites for hydroxylation is 1. The Balaban J connectivity index is 1.56. The summed E-state index contributed by atoms with van der Waals surface area (Å²) in [4.78, 5) is 17.5. The zero-order valence-corrected chi connectivity index (χ0v) is 16.0. The van der Waals surface area contributed by atoms with E-state index in [2.05, 4.69) is 17.5 Å². The second kappa shape index (κ2) is 6.98. The summed E-state index contributed by atoms with van der Waals surface area (Å²) in [6.07, 6.45) is 9.19. The van der Waals surface area contributed by atoms with Crippen LogP contribution >= 0.6 is 34.9 Å². The van der Waals surface area contributed by atoms with E-state index in [9.17, 15) is 4.79 Å². The van der Waals surface area contributed by atoms with E-state index in [-0.39, 0.29) is 5.91 Å². The third-order valence-electron chi connectivity index (χ3n) is 4.50. The van der Waals surface area contributed by atoms with Crippen LogP contribution in [0.15, 0.2) is 34.1 Å². The SMILES string of the molecule is CSc1cccc(NC(=O)C2=Cc3sc4c(c3CS2)CCCC4)c1. The molecule has 4 rings (SSSR count). The molecule has 2 nitrogen and oxygen atoms in total. The number of carbonyl (C=O) groups excluding carboxylic acids is 1. The van der Waals surface area contributed by atoms with Crippen molar-refractivity contribution in [2.45, 2.75) is 36.3 Å². The van der Waals surface area contributed by atoms with Gasteiger partial charge in [-0.3, -0.25) is 4.79 Å². The van der Waals surface area contributed by atoms with Gasteiger partial charge in [0.15, 0.2) is 0 Å². The molecular formula is C19H19NOS3. The van der Waals surface area contributed by atoms with E-state index in [1.807, 2.05) is 35.8 Å². The molecule has 0 saturated heterocycles. The first-order valence-electron chi connectivity index (χ1n) is 8.18. The maximum atomic E-state index is 12.6. The molecule has 0 fully saturated rings. The topological polar surface area (TPSA) is 29.1 Å². The standard InChI is InChI=1S/C19H19NOS3/c1-22-13-6-4-5-12(9-13)20-19(21)18-10-17-15(11-23-18)14-7-2-3-8-16(14)24-17/h4-6,9-10H,2-3,7-8,11H2,1H3,(H,20,21). The van der Waals surface area contributed by atoms with E-state index in [0.29, 0.717) is 0 Å². The zero-order valence-electron chi connectivity index (χ0n) is 13.6. The van der Waals surface area contributed by atoms with Crippen molar-refractivity contribution >= 4 is 52.5 Å². The van der Waals surface area contributed by atoms with Crippen LogP contribution in [-0.4, -0.2) is 12.2 Å². The van der Waals surface area contributed by atoms with Crippen LogP contribution in [0.25, 0.3) is 6.08 Å². The first kappa shape index (κ1) is 16.3. The van der Waals surface area contributed by atoms with Crippen LogP contribution in [0.4, 0.5) is 5.69 Å². The predicted octanol–water partition coefficient (Wildman–Crippen LogP) is 5.58. The molecule has 2 aliphatic rings. The molecule has 24 heavy (non-hydrogen) atoms. The summed E-state index contributed by atoms with van der Waals surface area (Å²) in [5, 5.41) is 3.04. The number of hydrogen-bond donors (Lipinski definition) is 1. The summed E-state index contributed by atoms with van der Waals surface area (Å²) in [7, 11) is 0. The average molecular weight is 374 g/mol. The van der Waals surface area contributed by atoms with Crippen molar-refractivity contribution < 1.29 is 4.79 Å². The van der Waals surface area contributed by atoms with Crippen molar-refractivity contribution in [2.24, 2.45) is 0 Å². The highest BCUT2D eigenvalue weighted by atomic mass is 32.2. The Morgan fingerprint density at radius 3 is 2.96 bits per heavy atom. The number of rotatable bonds is 3. The number of thioether (sulfide) groups is 2. The normalized spacial score (nSPS) is 16.1. The monoisotopic (exact) mass is 373 g/mol. The summed E-state index contributed by atoms with van der Waals surface area (Å²) in [5.41, 5.74) is 3.93. The van der Waals surface area contributed by atoms with Gasteiger partial charge in [-0.2, -0.15) is 0 Å². The molecule has 1 aromatic carbocycles. The number of thiophene rings is 1. The Morgan fingerprint density at radius 2 is 2.08 bits per heavy atom. The number of nitrogens with one attached hydrogen (secondary N) is 1. The van der Waals surface area contributed by atoms with Gasteiger partial charge >= 0.3 is 0 Å².